The molecule has 0 saturated heterocycles. The van der Waals surface area contributed by atoms with Gasteiger partial charge in [-0.3, -0.25) is 4.21 Å². The quantitative estimate of drug-likeness (QED) is 0.482. The maximum absolute atomic E-state index is 10.6. The van der Waals surface area contributed by atoms with Gasteiger partial charge in [0.15, 0.2) is 5.11 Å². The van der Waals surface area contributed by atoms with Crippen molar-refractivity contribution in [1.82, 2.24) is 10.6 Å². The molecule has 0 aliphatic rings. The Morgan fingerprint density at radius 2 is 2.27 bits per heavy atom. The normalized spacial score (nSPS) is 12.2. The standard InChI is InChI=1S/C6H14N2OS2/c1-7-6(10)8-4-3-5-11(2)9/h3-5H2,1-2H3,(H2,7,8,10). The lowest BCUT2D eigenvalue weighted by Crippen LogP contribution is -2.33. The van der Waals surface area contributed by atoms with E-state index >= 15 is 0 Å². The second-order valence-electron chi connectivity index (χ2n) is 2.14. The Balaban J connectivity index is 3.14. The number of hydrogen-bond donors (Lipinski definition) is 2. The SMILES string of the molecule is CNC(=S)NCCCS(C)=O. The molecule has 3 nitrogen and oxygen atoms in total. The first kappa shape index (κ1) is 10.8. The van der Waals surface area contributed by atoms with Crippen LogP contribution in [-0.4, -0.2) is 34.9 Å². The van der Waals surface area contributed by atoms with Gasteiger partial charge in [-0.05, 0) is 18.6 Å². The molecule has 0 rings (SSSR count). The molecule has 1 atom stereocenters. The van der Waals surface area contributed by atoms with Crippen molar-refractivity contribution >= 4 is 28.1 Å². The molecule has 11 heavy (non-hydrogen) atoms. The van der Waals surface area contributed by atoms with Gasteiger partial charge in [0.25, 0.3) is 0 Å². The summed E-state index contributed by atoms with van der Waals surface area (Å²) in [6, 6.07) is 0. The number of hydrogen-bond acceptors (Lipinski definition) is 2. The molecule has 0 aliphatic carbocycles. The average molecular weight is 194 g/mol. The van der Waals surface area contributed by atoms with Gasteiger partial charge in [-0.15, -0.1) is 0 Å². The predicted molar refractivity (Wildman–Crippen MR) is 53.2 cm³/mol. The monoisotopic (exact) mass is 194 g/mol. The highest BCUT2D eigenvalue weighted by Gasteiger charge is 1.92. The van der Waals surface area contributed by atoms with Crippen molar-refractivity contribution in [3.05, 3.63) is 0 Å². The van der Waals surface area contributed by atoms with Crippen LogP contribution in [0.15, 0.2) is 0 Å². The molecule has 0 heterocycles. The fraction of sp³-hybridized carbons (Fsp3) is 0.833. The molecule has 1 unspecified atom stereocenters. The molecular weight excluding hydrogens is 180 g/mol. The molecule has 0 bridgehead atoms. The van der Waals surface area contributed by atoms with Crippen LogP contribution in [0.5, 0.6) is 0 Å². The van der Waals surface area contributed by atoms with Crippen molar-refractivity contribution in [2.24, 2.45) is 0 Å². The van der Waals surface area contributed by atoms with Crippen LogP contribution in [-0.2, 0) is 10.8 Å². The fourth-order valence-corrected chi connectivity index (χ4v) is 1.22. The largest absolute Gasteiger partial charge is 0.366 e. The summed E-state index contributed by atoms with van der Waals surface area (Å²) in [5, 5.41) is 6.42. The minimum atomic E-state index is -0.686. The average Bonchev–Trinajstić information content (AvgIpc) is 1.97. The van der Waals surface area contributed by atoms with E-state index < -0.39 is 10.8 Å². The summed E-state index contributed by atoms with van der Waals surface area (Å²) >= 11 is 4.84. The third-order valence-electron chi connectivity index (χ3n) is 1.12. The zero-order valence-electron chi connectivity index (χ0n) is 6.85. The molecule has 0 amide bonds. The maximum atomic E-state index is 10.6. The van der Waals surface area contributed by atoms with E-state index in [1.807, 2.05) is 0 Å². The fourth-order valence-electron chi connectivity index (χ4n) is 0.566. The Kier molecular flexibility index (Phi) is 6.45. The molecular formula is C6H14N2OS2. The van der Waals surface area contributed by atoms with E-state index in [1.54, 1.807) is 13.3 Å². The molecule has 0 spiro atoms. The highest BCUT2D eigenvalue weighted by atomic mass is 32.2. The molecule has 5 heteroatoms. The molecule has 2 N–H and O–H groups in total. The van der Waals surface area contributed by atoms with Gasteiger partial charge in [-0.2, -0.15) is 0 Å². The first-order chi connectivity index (χ1) is 5.16. The molecule has 0 radical (unpaired) electrons. The van der Waals surface area contributed by atoms with Gasteiger partial charge in [0, 0.05) is 36.4 Å². The van der Waals surface area contributed by atoms with Crippen LogP contribution in [0.1, 0.15) is 6.42 Å². The van der Waals surface area contributed by atoms with Crippen molar-refractivity contribution in [3.8, 4) is 0 Å². The van der Waals surface area contributed by atoms with Crippen LogP contribution >= 0.6 is 12.2 Å². The first-order valence-electron chi connectivity index (χ1n) is 3.42. The lowest BCUT2D eigenvalue weighted by Gasteiger charge is -2.04. The van der Waals surface area contributed by atoms with Crippen LogP contribution in [0.4, 0.5) is 0 Å². The summed E-state index contributed by atoms with van der Waals surface area (Å²) in [5.41, 5.74) is 0. The van der Waals surface area contributed by atoms with Crippen molar-refractivity contribution in [2.45, 2.75) is 6.42 Å². The molecule has 66 valence electrons. The van der Waals surface area contributed by atoms with E-state index in [-0.39, 0.29) is 0 Å². The number of rotatable bonds is 4. The maximum Gasteiger partial charge on any atom is 0.166 e. The third kappa shape index (κ3) is 7.74. The smallest absolute Gasteiger partial charge is 0.166 e. The summed E-state index contributed by atoms with van der Waals surface area (Å²) < 4.78 is 10.6. The van der Waals surface area contributed by atoms with Gasteiger partial charge in [0.1, 0.15) is 0 Å². The topological polar surface area (TPSA) is 41.1 Å². The molecule has 0 aromatic heterocycles. The van der Waals surface area contributed by atoms with Crippen molar-refractivity contribution < 1.29 is 4.21 Å². The Hall–Kier alpha value is -0.160. The van der Waals surface area contributed by atoms with Gasteiger partial charge < -0.3 is 10.6 Å². The molecule has 0 aromatic carbocycles. The number of nitrogens with one attached hydrogen (secondary N) is 2. The van der Waals surface area contributed by atoms with E-state index in [2.05, 4.69) is 10.6 Å². The van der Waals surface area contributed by atoms with E-state index in [1.165, 1.54) is 0 Å². The van der Waals surface area contributed by atoms with E-state index in [4.69, 9.17) is 12.2 Å². The molecule has 0 aromatic rings. The van der Waals surface area contributed by atoms with Crippen molar-refractivity contribution in [2.75, 3.05) is 25.6 Å². The zero-order valence-corrected chi connectivity index (χ0v) is 8.48. The second kappa shape index (κ2) is 6.54. The first-order valence-corrected chi connectivity index (χ1v) is 5.56. The zero-order chi connectivity index (χ0) is 8.69. The summed E-state index contributed by atoms with van der Waals surface area (Å²) in [6.07, 6.45) is 2.60. The minimum Gasteiger partial charge on any atom is -0.366 e. The van der Waals surface area contributed by atoms with Crippen molar-refractivity contribution in [1.29, 1.82) is 0 Å². The van der Waals surface area contributed by atoms with E-state index in [0.717, 1.165) is 18.7 Å². The van der Waals surface area contributed by atoms with Gasteiger partial charge in [-0.25, -0.2) is 0 Å². The lowest BCUT2D eigenvalue weighted by molar-refractivity contribution is 0.683. The summed E-state index contributed by atoms with van der Waals surface area (Å²) in [4.78, 5) is 0. The Bertz CT molecular complexity index is 150. The molecule has 0 saturated carbocycles. The molecule has 0 fully saturated rings. The highest BCUT2D eigenvalue weighted by molar-refractivity contribution is 7.84. The summed E-state index contributed by atoms with van der Waals surface area (Å²) in [6.45, 7) is 0.791. The van der Waals surface area contributed by atoms with Crippen LogP contribution in [0.2, 0.25) is 0 Å². The summed E-state index contributed by atoms with van der Waals surface area (Å²) in [7, 11) is 1.09. The van der Waals surface area contributed by atoms with Gasteiger partial charge >= 0.3 is 0 Å². The van der Waals surface area contributed by atoms with E-state index in [9.17, 15) is 4.21 Å². The van der Waals surface area contributed by atoms with Crippen LogP contribution in [0.25, 0.3) is 0 Å². The second-order valence-corrected chi connectivity index (χ2v) is 4.10. The van der Waals surface area contributed by atoms with Gasteiger partial charge in [-0.1, -0.05) is 0 Å². The van der Waals surface area contributed by atoms with Crippen LogP contribution in [0, 0.1) is 0 Å². The van der Waals surface area contributed by atoms with E-state index in [0.29, 0.717) is 5.11 Å². The Labute approximate surface area is 75.4 Å². The van der Waals surface area contributed by atoms with Crippen LogP contribution < -0.4 is 10.6 Å². The highest BCUT2D eigenvalue weighted by Crippen LogP contribution is 1.80. The number of thiocarbonyl (C=S) groups is 1. The minimum absolute atomic E-state index is 0.645. The van der Waals surface area contributed by atoms with Gasteiger partial charge in [0.2, 0.25) is 0 Å². The van der Waals surface area contributed by atoms with Crippen molar-refractivity contribution in [3.63, 3.8) is 0 Å². The lowest BCUT2D eigenvalue weighted by atomic mass is 10.5. The Morgan fingerprint density at radius 1 is 1.64 bits per heavy atom. The Morgan fingerprint density at radius 3 is 2.73 bits per heavy atom. The third-order valence-corrected chi connectivity index (χ3v) is 2.33. The predicted octanol–water partition coefficient (Wildman–Crippen LogP) is -0.151. The van der Waals surface area contributed by atoms with Gasteiger partial charge in [0.05, 0.1) is 0 Å². The summed E-state index contributed by atoms with van der Waals surface area (Å²) in [5.74, 6) is 0.735. The molecule has 0 aliphatic heterocycles. The van der Waals surface area contributed by atoms with Crippen LogP contribution in [0.3, 0.4) is 0 Å².